The topological polar surface area (TPSA) is 20.2 Å². The molecule has 60 valence electrons. The highest BCUT2D eigenvalue weighted by atomic mass is 35.5. The lowest BCUT2D eigenvalue weighted by molar-refractivity contribution is 0.0932. The van der Waals surface area contributed by atoms with E-state index in [1.54, 1.807) is 20.8 Å². The SMILES string of the molecule is C[C@H](O)[C@]1(C)[C@@H](C)[C@@]1(F)Cl. The summed E-state index contributed by atoms with van der Waals surface area (Å²) in [4.78, 5) is 0. The Bertz CT molecular complexity index is 158. The van der Waals surface area contributed by atoms with Crippen LogP contribution in [0.4, 0.5) is 4.39 Å². The minimum absolute atomic E-state index is 0.248. The van der Waals surface area contributed by atoms with Gasteiger partial charge in [-0.1, -0.05) is 25.4 Å². The molecule has 0 aromatic rings. The molecular formula is C7H12ClFO. The van der Waals surface area contributed by atoms with Gasteiger partial charge >= 0.3 is 0 Å². The summed E-state index contributed by atoms with van der Waals surface area (Å²) in [5.74, 6) is -0.248. The summed E-state index contributed by atoms with van der Waals surface area (Å²) < 4.78 is 13.1. The number of rotatable bonds is 1. The van der Waals surface area contributed by atoms with Crippen LogP contribution >= 0.6 is 11.6 Å². The maximum absolute atomic E-state index is 13.1. The fourth-order valence-corrected chi connectivity index (χ4v) is 1.89. The maximum atomic E-state index is 13.1. The van der Waals surface area contributed by atoms with Gasteiger partial charge in [-0.25, -0.2) is 4.39 Å². The average Bonchev–Trinajstić information content (AvgIpc) is 2.16. The normalized spacial score (nSPS) is 56.4. The van der Waals surface area contributed by atoms with Crippen LogP contribution in [-0.4, -0.2) is 16.3 Å². The molecule has 1 aliphatic rings. The molecule has 1 aliphatic carbocycles. The van der Waals surface area contributed by atoms with Gasteiger partial charge in [0.25, 0.3) is 0 Å². The summed E-state index contributed by atoms with van der Waals surface area (Å²) in [5, 5.41) is 7.44. The summed E-state index contributed by atoms with van der Waals surface area (Å²) in [6.45, 7) is 4.94. The van der Waals surface area contributed by atoms with E-state index in [1.165, 1.54) is 0 Å². The lowest BCUT2D eigenvalue weighted by Gasteiger charge is -2.13. The van der Waals surface area contributed by atoms with E-state index in [0.717, 1.165) is 0 Å². The predicted molar refractivity (Wildman–Crippen MR) is 38.6 cm³/mol. The smallest absolute Gasteiger partial charge is 0.195 e. The van der Waals surface area contributed by atoms with Crippen molar-refractivity contribution in [3.05, 3.63) is 0 Å². The Morgan fingerprint density at radius 2 is 2.00 bits per heavy atom. The number of hydrogen-bond acceptors (Lipinski definition) is 1. The third-order valence-corrected chi connectivity index (χ3v) is 3.68. The van der Waals surface area contributed by atoms with E-state index < -0.39 is 16.6 Å². The van der Waals surface area contributed by atoms with Gasteiger partial charge < -0.3 is 5.11 Å². The molecule has 4 atom stereocenters. The van der Waals surface area contributed by atoms with E-state index in [4.69, 9.17) is 16.7 Å². The molecular weight excluding hydrogens is 155 g/mol. The van der Waals surface area contributed by atoms with Gasteiger partial charge in [0.05, 0.1) is 6.10 Å². The Morgan fingerprint density at radius 3 is 2.00 bits per heavy atom. The van der Waals surface area contributed by atoms with Crippen molar-refractivity contribution in [1.29, 1.82) is 0 Å². The first kappa shape index (κ1) is 8.28. The molecule has 1 rings (SSSR count). The second-order valence-electron chi connectivity index (χ2n) is 3.30. The van der Waals surface area contributed by atoms with E-state index in [2.05, 4.69) is 0 Å². The lowest BCUT2D eigenvalue weighted by Crippen LogP contribution is -2.20. The standard InChI is InChI=1S/C7H12ClFO/c1-4-6(3,5(2)10)7(4,8)9/h4-5,10H,1-3H3/t4-,5+,6+,7+/m1/s1. The summed E-state index contributed by atoms with van der Waals surface area (Å²) in [5.41, 5.74) is -0.742. The second-order valence-corrected chi connectivity index (χ2v) is 3.85. The quantitative estimate of drug-likeness (QED) is 0.591. The van der Waals surface area contributed by atoms with Crippen LogP contribution in [0.3, 0.4) is 0 Å². The largest absolute Gasteiger partial charge is 0.393 e. The molecule has 0 spiro atoms. The van der Waals surface area contributed by atoms with Crippen molar-refractivity contribution in [2.24, 2.45) is 11.3 Å². The van der Waals surface area contributed by atoms with Gasteiger partial charge in [0.2, 0.25) is 0 Å². The Morgan fingerprint density at radius 1 is 1.70 bits per heavy atom. The number of halogens is 2. The summed E-state index contributed by atoms with van der Waals surface area (Å²) >= 11 is 5.47. The molecule has 0 saturated heterocycles. The Kier molecular flexibility index (Phi) is 1.54. The van der Waals surface area contributed by atoms with Crippen molar-refractivity contribution in [1.82, 2.24) is 0 Å². The molecule has 1 nitrogen and oxygen atoms in total. The fraction of sp³-hybridized carbons (Fsp3) is 1.00. The second kappa shape index (κ2) is 1.86. The third kappa shape index (κ3) is 0.665. The van der Waals surface area contributed by atoms with E-state index in [-0.39, 0.29) is 5.92 Å². The Labute approximate surface area is 65.2 Å². The van der Waals surface area contributed by atoms with Crippen molar-refractivity contribution in [2.45, 2.75) is 32.0 Å². The van der Waals surface area contributed by atoms with Crippen LogP contribution in [0.5, 0.6) is 0 Å². The molecule has 1 saturated carbocycles. The molecule has 0 amide bonds. The van der Waals surface area contributed by atoms with Crippen molar-refractivity contribution < 1.29 is 9.50 Å². The van der Waals surface area contributed by atoms with Gasteiger partial charge in [-0.3, -0.25) is 0 Å². The zero-order chi connectivity index (χ0) is 8.15. The van der Waals surface area contributed by atoms with Crippen molar-refractivity contribution >= 4 is 11.6 Å². The van der Waals surface area contributed by atoms with Crippen LogP contribution in [0.1, 0.15) is 20.8 Å². The first-order chi connectivity index (χ1) is 4.35. The molecule has 1 N–H and O–H groups in total. The van der Waals surface area contributed by atoms with E-state index >= 15 is 0 Å². The average molecular weight is 167 g/mol. The van der Waals surface area contributed by atoms with Gasteiger partial charge in [0, 0.05) is 11.3 Å². The maximum Gasteiger partial charge on any atom is 0.195 e. The van der Waals surface area contributed by atoms with Crippen LogP contribution in [0.15, 0.2) is 0 Å². The number of alkyl halides is 2. The molecule has 0 aromatic carbocycles. The minimum Gasteiger partial charge on any atom is -0.393 e. The van der Waals surface area contributed by atoms with Crippen LogP contribution in [0.25, 0.3) is 0 Å². The highest BCUT2D eigenvalue weighted by Crippen LogP contribution is 2.68. The van der Waals surface area contributed by atoms with E-state index in [0.29, 0.717) is 0 Å². The highest BCUT2D eigenvalue weighted by molar-refractivity contribution is 6.26. The molecule has 0 unspecified atom stereocenters. The van der Waals surface area contributed by atoms with E-state index in [9.17, 15) is 4.39 Å². The molecule has 0 bridgehead atoms. The molecule has 0 radical (unpaired) electrons. The molecule has 0 aromatic heterocycles. The summed E-state index contributed by atoms with van der Waals surface area (Å²) in [6.07, 6.45) is -0.676. The third-order valence-electron chi connectivity index (χ3n) is 2.95. The zero-order valence-electron chi connectivity index (χ0n) is 6.36. The summed E-state index contributed by atoms with van der Waals surface area (Å²) in [6, 6.07) is 0. The van der Waals surface area contributed by atoms with Gasteiger partial charge in [-0.2, -0.15) is 0 Å². The molecule has 3 heteroatoms. The van der Waals surface area contributed by atoms with Crippen LogP contribution in [0.2, 0.25) is 0 Å². The Hall–Kier alpha value is 0.180. The fourth-order valence-electron chi connectivity index (χ4n) is 1.40. The van der Waals surface area contributed by atoms with Crippen LogP contribution < -0.4 is 0 Å². The zero-order valence-corrected chi connectivity index (χ0v) is 7.11. The van der Waals surface area contributed by atoms with Crippen molar-refractivity contribution in [3.8, 4) is 0 Å². The summed E-state index contributed by atoms with van der Waals surface area (Å²) in [7, 11) is 0. The highest BCUT2D eigenvalue weighted by Gasteiger charge is 2.74. The molecule has 1 fully saturated rings. The van der Waals surface area contributed by atoms with Crippen LogP contribution in [-0.2, 0) is 0 Å². The van der Waals surface area contributed by atoms with Gasteiger partial charge in [0.1, 0.15) is 0 Å². The molecule has 0 aliphatic heterocycles. The first-order valence-corrected chi connectivity index (χ1v) is 3.78. The van der Waals surface area contributed by atoms with Gasteiger partial charge in [-0.05, 0) is 6.92 Å². The number of aliphatic hydroxyl groups excluding tert-OH is 1. The minimum atomic E-state index is -1.69. The van der Waals surface area contributed by atoms with E-state index in [1.807, 2.05) is 0 Å². The molecule has 10 heavy (non-hydrogen) atoms. The number of aliphatic hydroxyl groups is 1. The first-order valence-electron chi connectivity index (χ1n) is 3.41. The lowest BCUT2D eigenvalue weighted by atomic mass is 10.0. The van der Waals surface area contributed by atoms with Crippen LogP contribution in [0, 0.1) is 11.3 Å². The monoisotopic (exact) mass is 166 g/mol. The molecule has 0 heterocycles. The van der Waals surface area contributed by atoms with Crippen molar-refractivity contribution in [2.75, 3.05) is 0 Å². The van der Waals surface area contributed by atoms with Crippen molar-refractivity contribution in [3.63, 3.8) is 0 Å². The van der Waals surface area contributed by atoms with Gasteiger partial charge in [-0.15, -0.1) is 0 Å². The Balaban J connectivity index is 2.78. The van der Waals surface area contributed by atoms with Gasteiger partial charge in [0.15, 0.2) is 5.13 Å². The number of hydrogen-bond donors (Lipinski definition) is 1. The predicted octanol–water partition coefficient (Wildman–Crippen LogP) is 1.93.